The van der Waals surface area contributed by atoms with E-state index in [0.29, 0.717) is 25.3 Å². The van der Waals surface area contributed by atoms with Crippen LogP contribution in [0.4, 0.5) is 5.69 Å². The molecule has 2 aromatic heterocycles. The summed E-state index contributed by atoms with van der Waals surface area (Å²) >= 11 is 0. The molecule has 3 heterocycles. The summed E-state index contributed by atoms with van der Waals surface area (Å²) in [6.45, 7) is 9.94. The zero-order valence-electron chi connectivity index (χ0n) is 20.3. The average molecular weight is 485 g/mol. The summed E-state index contributed by atoms with van der Waals surface area (Å²) in [5.41, 5.74) is 2.24. The van der Waals surface area contributed by atoms with Gasteiger partial charge in [-0.3, -0.25) is 14.8 Å². The van der Waals surface area contributed by atoms with Crippen LogP contribution in [0.5, 0.6) is 0 Å². The van der Waals surface area contributed by atoms with Crippen molar-refractivity contribution >= 4 is 26.6 Å². The lowest BCUT2D eigenvalue weighted by atomic mass is 10.0. The fourth-order valence-corrected chi connectivity index (χ4v) is 6.38. The molecule has 2 atom stereocenters. The van der Waals surface area contributed by atoms with E-state index >= 15 is 0 Å². The maximum Gasteiger partial charge on any atom is 0.270 e. The van der Waals surface area contributed by atoms with E-state index in [1.165, 1.54) is 8.65 Å². The highest BCUT2D eigenvalue weighted by Gasteiger charge is 2.33. The smallest absolute Gasteiger partial charge is 0.270 e. The molecule has 1 aliphatic heterocycles. The van der Waals surface area contributed by atoms with Crippen LogP contribution in [0.1, 0.15) is 39.0 Å². The van der Waals surface area contributed by atoms with Gasteiger partial charge in [-0.2, -0.15) is 9.35 Å². The number of fused-ring (bicyclic) bond motifs is 1. The number of aromatic nitrogens is 3. The first-order valence-electron chi connectivity index (χ1n) is 11.6. The van der Waals surface area contributed by atoms with Crippen LogP contribution in [0.25, 0.3) is 10.9 Å². The summed E-state index contributed by atoms with van der Waals surface area (Å²) in [5.74, 6) is 0.157. The fraction of sp³-hybridized carbons (Fsp3) is 0.500. The van der Waals surface area contributed by atoms with Crippen molar-refractivity contribution < 1.29 is 8.42 Å². The number of nitriles is 1. The maximum absolute atomic E-state index is 12.9. The molecule has 0 amide bonds. The first-order chi connectivity index (χ1) is 16.0. The van der Waals surface area contributed by atoms with Gasteiger partial charge in [0, 0.05) is 44.2 Å². The lowest BCUT2D eigenvalue weighted by Crippen LogP contribution is -2.56. The zero-order valence-corrected chi connectivity index (χ0v) is 21.1. The van der Waals surface area contributed by atoms with E-state index in [2.05, 4.69) is 34.8 Å². The molecule has 0 spiro atoms. The Kier molecular flexibility index (Phi) is 6.36. The first kappa shape index (κ1) is 24.1. The number of piperazine rings is 1. The number of nitrogens with one attached hydrogen (secondary N) is 1. The van der Waals surface area contributed by atoms with E-state index in [-0.39, 0.29) is 34.9 Å². The Labute approximate surface area is 200 Å². The summed E-state index contributed by atoms with van der Waals surface area (Å²) in [6.07, 6.45) is 1.66. The maximum atomic E-state index is 12.9. The highest BCUT2D eigenvalue weighted by molar-refractivity contribution is 7.89. The SMILES string of the molecule is CC(C)CS(=O)(=O)n1cc(CN2C[C@H](C)N(c3c(C#N)c(=O)n(C)c4ccccc34)C[C@H]2C)[nH]1. The van der Waals surface area contributed by atoms with E-state index in [1.807, 2.05) is 38.1 Å². The molecule has 1 saturated heterocycles. The lowest BCUT2D eigenvalue weighted by molar-refractivity contribution is 0.154. The number of benzene rings is 1. The van der Waals surface area contributed by atoms with Crippen molar-refractivity contribution in [2.75, 3.05) is 23.7 Å². The molecule has 0 unspecified atom stereocenters. The van der Waals surface area contributed by atoms with Crippen molar-refractivity contribution in [3.8, 4) is 6.07 Å². The van der Waals surface area contributed by atoms with Crippen molar-refractivity contribution in [3.05, 3.63) is 52.1 Å². The number of aryl methyl sites for hydroxylation is 1. The van der Waals surface area contributed by atoms with Crippen LogP contribution in [-0.2, 0) is 23.6 Å². The molecule has 1 aromatic carbocycles. The van der Waals surface area contributed by atoms with Crippen molar-refractivity contribution in [2.24, 2.45) is 13.0 Å². The third-order valence-corrected chi connectivity index (χ3v) is 8.42. The van der Waals surface area contributed by atoms with Crippen molar-refractivity contribution in [1.82, 2.24) is 18.7 Å². The fourth-order valence-electron chi connectivity index (χ4n) is 4.83. The lowest BCUT2D eigenvalue weighted by Gasteiger charge is -2.46. The highest BCUT2D eigenvalue weighted by atomic mass is 32.2. The van der Waals surface area contributed by atoms with Crippen LogP contribution in [-0.4, -0.2) is 58.0 Å². The summed E-state index contributed by atoms with van der Waals surface area (Å²) in [6, 6.07) is 10.0. The van der Waals surface area contributed by atoms with Crippen LogP contribution < -0.4 is 10.5 Å². The molecule has 1 N–H and O–H groups in total. The quantitative estimate of drug-likeness (QED) is 0.576. The summed E-state index contributed by atoms with van der Waals surface area (Å²) in [4.78, 5) is 17.4. The number of aromatic amines is 1. The number of rotatable bonds is 6. The average Bonchev–Trinajstić information content (AvgIpc) is 2.74. The summed E-state index contributed by atoms with van der Waals surface area (Å²) < 4.78 is 27.4. The molecule has 0 aliphatic carbocycles. The van der Waals surface area contributed by atoms with Crippen LogP contribution in [0, 0.1) is 17.2 Å². The molecule has 0 radical (unpaired) electrons. The molecular weight excluding hydrogens is 452 g/mol. The normalized spacial score (nSPS) is 19.7. The molecule has 10 heteroatoms. The minimum Gasteiger partial charge on any atom is -0.364 e. The van der Waals surface area contributed by atoms with Gasteiger partial charge in [-0.05, 0) is 25.8 Å². The first-order valence-corrected chi connectivity index (χ1v) is 13.2. The Morgan fingerprint density at radius 1 is 1.18 bits per heavy atom. The molecule has 3 aromatic rings. The molecule has 9 nitrogen and oxygen atoms in total. The predicted molar refractivity (Wildman–Crippen MR) is 133 cm³/mol. The topological polar surface area (TPSA) is 107 Å². The van der Waals surface area contributed by atoms with E-state index in [0.717, 1.165) is 16.6 Å². The van der Waals surface area contributed by atoms with Gasteiger partial charge in [0.25, 0.3) is 15.6 Å². The van der Waals surface area contributed by atoms with Gasteiger partial charge >= 0.3 is 0 Å². The third kappa shape index (κ3) is 4.26. The number of pyridine rings is 1. The summed E-state index contributed by atoms with van der Waals surface area (Å²) in [5, 5.41) is 13.7. The molecule has 1 fully saturated rings. The van der Waals surface area contributed by atoms with Crippen molar-refractivity contribution in [2.45, 2.75) is 46.3 Å². The second-order valence-corrected chi connectivity index (χ2v) is 11.6. The predicted octanol–water partition coefficient (Wildman–Crippen LogP) is 2.47. The minimum atomic E-state index is -3.34. The van der Waals surface area contributed by atoms with E-state index in [9.17, 15) is 18.5 Å². The largest absolute Gasteiger partial charge is 0.364 e. The molecule has 1 aliphatic rings. The van der Waals surface area contributed by atoms with Gasteiger partial charge in [-0.25, -0.2) is 8.42 Å². The van der Waals surface area contributed by atoms with Gasteiger partial charge in [-0.1, -0.05) is 32.0 Å². The van der Waals surface area contributed by atoms with Gasteiger partial charge in [0.1, 0.15) is 11.6 Å². The number of hydrogen-bond donors (Lipinski definition) is 1. The summed E-state index contributed by atoms with van der Waals surface area (Å²) in [7, 11) is -1.65. The zero-order chi connectivity index (χ0) is 24.8. The van der Waals surface area contributed by atoms with Gasteiger partial charge in [-0.15, -0.1) is 0 Å². The molecule has 0 bridgehead atoms. The van der Waals surface area contributed by atoms with Crippen molar-refractivity contribution in [3.63, 3.8) is 0 Å². The second-order valence-electron chi connectivity index (χ2n) is 9.73. The van der Waals surface area contributed by atoms with Gasteiger partial charge in [0.15, 0.2) is 0 Å². The molecule has 34 heavy (non-hydrogen) atoms. The minimum absolute atomic E-state index is 0.0558. The second kappa shape index (κ2) is 8.96. The standard InChI is InChI=1S/C24H32N6O3S/c1-16(2)15-34(32,33)30-14-19(26-30)13-28-11-18(4)29(12-17(28)3)23-20-8-6-7-9-22(20)27(5)24(31)21(23)10-25/h6-9,14,16-18,26H,11-13,15H2,1-5H3/t17-,18+/m1/s1. The van der Waals surface area contributed by atoms with Gasteiger partial charge < -0.3 is 9.47 Å². The Morgan fingerprint density at radius 3 is 2.50 bits per heavy atom. The molecular formula is C24H32N6O3S. The number of hydrogen-bond acceptors (Lipinski definition) is 6. The molecule has 4 rings (SSSR count). The third-order valence-electron chi connectivity index (χ3n) is 6.53. The molecule has 0 saturated carbocycles. The van der Waals surface area contributed by atoms with Crippen LogP contribution in [0.2, 0.25) is 0 Å². The van der Waals surface area contributed by atoms with Crippen LogP contribution >= 0.6 is 0 Å². The van der Waals surface area contributed by atoms with Crippen LogP contribution in [0.3, 0.4) is 0 Å². The van der Waals surface area contributed by atoms with Crippen LogP contribution in [0.15, 0.2) is 35.3 Å². The van der Waals surface area contributed by atoms with E-state index < -0.39 is 10.0 Å². The van der Waals surface area contributed by atoms with Gasteiger partial charge in [0.2, 0.25) is 0 Å². The van der Waals surface area contributed by atoms with E-state index in [1.54, 1.807) is 13.2 Å². The number of para-hydroxylation sites is 1. The Balaban J connectivity index is 1.58. The Morgan fingerprint density at radius 2 is 1.85 bits per heavy atom. The van der Waals surface area contributed by atoms with E-state index in [4.69, 9.17) is 0 Å². The van der Waals surface area contributed by atoms with Crippen molar-refractivity contribution in [1.29, 1.82) is 5.26 Å². The number of nitrogens with zero attached hydrogens (tertiary/aromatic N) is 5. The Hall–Kier alpha value is -3.03. The highest BCUT2D eigenvalue weighted by Crippen LogP contribution is 2.32. The Bertz CT molecular complexity index is 1400. The number of H-pyrrole nitrogens is 1. The van der Waals surface area contributed by atoms with Gasteiger partial charge in [0.05, 0.1) is 28.8 Å². The monoisotopic (exact) mass is 484 g/mol. The number of anilines is 1. The molecule has 182 valence electrons.